The van der Waals surface area contributed by atoms with Crippen LogP contribution < -0.4 is 10.0 Å². The van der Waals surface area contributed by atoms with E-state index in [9.17, 15) is 8.42 Å². The lowest BCUT2D eigenvalue weighted by Crippen LogP contribution is -2.37. The molecule has 7 heteroatoms. The molecule has 5 nitrogen and oxygen atoms in total. The van der Waals surface area contributed by atoms with Crippen LogP contribution in [0.25, 0.3) is 0 Å². The van der Waals surface area contributed by atoms with Crippen molar-refractivity contribution in [2.24, 2.45) is 0 Å². The Balaban J connectivity index is 0.00000162. The molecule has 1 aromatic rings. The Kier molecular flexibility index (Phi) is 5.52. The molecule has 0 aliphatic carbocycles. The number of aromatic nitrogens is 1. The van der Waals surface area contributed by atoms with Gasteiger partial charge in [0.05, 0.1) is 0 Å². The summed E-state index contributed by atoms with van der Waals surface area (Å²) in [5.41, 5.74) is 0.946. The Morgan fingerprint density at radius 2 is 2.28 bits per heavy atom. The standard InChI is InChI=1S/C11H17N3O2S.ClH/c1-9-4-5-11(13-7-9)17(15,16)14-8-10-3-2-6-12-10;/h4-5,7,10,12,14H,2-3,6,8H2,1H3;1H. The highest BCUT2D eigenvalue weighted by Crippen LogP contribution is 2.08. The first-order chi connectivity index (χ1) is 8.08. The maximum atomic E-state index is 11.9. The topological polar surface area (TPSA) is 71.1 Å². The van der Waals surface area contributed by atoms with Gasteiger partial charge in [-0.1, -0.05) is 6.07 Å². The summed E-state index contributed by atoms with van der Waals surface area (Å²) in [4.78, 5) is 3.92. The zero-order valence-corrected chi connectivity index (χ0v) is 11.9. The minimum Gasteiger partial charge on any atom is -0.313 e. The average molecular weight is 292 g/mol. The van der Waals surface area contributed by atoms with Crippen LogP contribution in [0.1, 0.15) is 18.4 Å². The summed E-state index contributed by atoms with van der Waals surface area (Å²) in [7, 11) is -3.47. The van der Waals surface area contributed by atoms with Crippen LogP contribution in [0, 0.1) is 6.92 Å². The molecule has 0 spiro atoms. The fourth-order valence-corrected chi connectivity index (χ4v) is 2.84. The number of halogens is 1. The summed E-state index contributed by atoms with van der Waals surface area (Å²) in [6.07, 6.45) is 3.68. The molecule has 1 atom stereocenters. The quantitative estimate of drug-likeness (QED) is 0.862. The second-order valence-electron chi connectivity index (χ2n) is 4.32. The van der Waals surface area contributed by atoms with Crippen LogP contribution in [0.3, 0.4) is 0 Å². The molecular formula is C11H18ClN3O2S. The van der Waals surface area contributed by atoms with E-state index in [0.29, 0.717) is 6.54 Å². The molecule has 1 unspecified atom stereocenters. The van der Waals surface area contributed by atoms with Crippen molar-refractivity contribution < 1.29 is 8.42 Å². The molecule has 1 aliphatic rings. The second-order valence-corrected chi connectivity index (χ2v) is 6.03. The van der Waals surface area contributed by atoms with Gasteiger partial charge < -0.3 is 5.32 Å². The van der Waals surface area contributed by atoms with Crippen LogP contribution in [0.5, 0.6) is 0 Å². The molecule has 0 bridgehead atoms. The third-order valence-corrected chi connectivity index (χ3v) is 4.18. The highest BCUT2D eigenvalue weighted by Gasteiger charge is 2.19. The summed E-state index contributed by atoms with van der Waals surface area (Å²) in [5, 5.41) is 3.33. The predicted molar refractivity (Wildman–Crippen MR) is 72.4 cm³/mol. The van der Waals surface area contributed by atoms with Crippen molar-refractivity contribution in [2.45, 2.75) is 30.8 Å². The lowest BCUT2D eigenvalue weighted by Gasteiger charge is -2.11. The van der Waals surface area contributed by atoms with E-state index in [2.05, 4.69) is 15.0 Å². The molecule has 2 N–H and O–H groups in total. The van der Waals surface area contributed by atoms with Crippen LogP contribution >= 0.6 is 12.4 Å². The number of hydrogen-bond donors (Lipinski definition) is 2. The van der Waals surface area contributed by atoms with Crippen molar-refractivity contribution in [3.8, 4) is 0 Å². The van der Waals surface area contributed by atoms with Crippen LogP contribution in [-0.4, -0.2) is 32.5 Å². The largest absolute Gasteiger partial charge is 0.313 e. The number of nitrogens with zero attached hydrogens (tertiary/aromatic N) is 1. The van der Waals surface area contributed by atoms with Crippen LogP contribution in [0.4, 0.5) is 0 Å². The van der Waals surface area contributed by atoms with Gasteiger partial charge in [-0.3, -0.25) is 0 Å². The molecule has 1 aliphatic heterocycles. The minimum absolute atomic E-state index is 0. The SMILES string of the molecule is Cc1ccc(S(=O)(=O)NCC2CCCN2)nc1.Cl. The molecule has 0 radical (unpaired) electrons. The van der Waals surface area contributed by atoms with Gasteiger partial charge in [0.2, 0.25) is 0 Å². The van der Waals surface area contributed by atoms with E-state index in [1.165, 1.54) is 6.07 Å². The van der Waals surface area contributed by atoms with E-state index >= 15 is 0 Å². The average Bonchev–Trinajstić information content (AvgIpc) is 2.80. The fraction of sp³-hybridized carbons (Fsp3) is 0.545. The normalized spacial score (nSPS) is 19.5. The maximum absolute atomic E-state index is 11.9. The summed E-state index contributed by atoms with van der Waals surface area (Å²) >= 11 is 0. The van der Waals surface area contributed by atoms with Gasteiger partial charge in [0.25, 0.3) is 10.0 Å². The third kappa shape index (κ3) is 3.91. The number of sulfonamides is 1. The van der Waals surface area contributed by atoms with Gasteiger partial charge in [0.15, 0.2) is 5.03 Å². The molecule has 0 amide bonds. The molecule has 1 fully saturated rings. The predicted octanol–water partition coefficient (Wildman–Crippen LogP) is 0.842. The Hall–Kier alpha value is -0.690. The molecule has 1 aromatic heterocycles. The molecule has 0 saturated carbocycles. The molecular weight excluding hydrogens is 274 g/mol. The summed E-state index contributed by atoms with van der Waals surface area (Å²) in [5.74, 6) is 0. The Morgan fingerprint density at radius 3 is 2.83 bits per heavy atom. The lowest BCUT2D eigenvalue weighted by atomic mass is 10.2. The monoisotopic (exact) mass is 291 g/mol. The van der Waals surface area contributed by atoms with Gasteiger partial charge in [-0.25, -0.2) is 18.1 Å². The first kappa shape index (κ1) is 15.4. The van der Waals surface area contributed by atoms with Gasteiger partial charge in [-0.05, 0) is 37.9 Å². The first-order valence-electron chi connectivity index (χ1n) is 5.74. The number of rotatable bonds is 4. The van der Waals surface area contributed by atoms with Crippen LogP contribution in [0.2, 0.25) is 0 Å². The third-order valence-electron chi connectivity index (χ3n) is 2.84. The Labute approximate surface area is 114 Å². The molecule has 18 heavy (non-hydrogen) atoms. The van der Waals surface area contributed by atoms with Crippen LogP contribution in [0.15, 0.2) is 23.4 Å². The smallest absolute Gasteiger partial charge is 0.258 e. The van der Waals surface area contributed by atoms with E-state index in [0.717, 1.165) is 24.9 Å². The lowest BCUT2D eigenvalue weighted by molar-refractivity contribution is 0.549. The van der Waals surface area contributed by atoms with Crippen molar-refractivity contribution in [3.63, 3.8) is 0 Å². The van der Waals surface area contributed by atoms with Crippen molar-refractivity contribution in [1.82, 2.24) is 15.0 Å². The van der Waals surface area contributed by atoms with Crippen molar-refractivity contribution in [2.75, 3.05) is 13.1 Å². The van der Waals surface area contributed by atoms with Gasteiger partial charge in [-0.15, -0.1) is 12.4 Å². The zero-order chi connectivity index (χ0) is 12.3. The van der Waals surface area contributed by atoms with Crippen molar-refractivity contribution in [1.29, 1.82) is 0 Å². The van der Waals surface area contributed by atoms with Gasteiger partial charge in [-0.2, -0.15) is 0 Å². The summed E-state index contributed by atoms with van der Waals surface area (Å²) in [6.45, 7) is 3.27. The van der Waals surface area contributed by atoms with E-state index in [1.807, 2.05) is 6.92 Å². The van der Waals surface area contributed by atoms with E-state index in [-0.39, 0.29) is 23.5 Å². The number of nitrogens with one attached hydrogen (secondary N) is 2. The maximum Gasteiger partial charge on any atom is 0.258 e. The molecule has 0 aromatic carbocycles. The van der Waals surface area contributed by atoms with Crippen molar-refractivity contribution in [3.05, 3.63) is 23.9 Å². The van der Waals surface area contributed by atoms with Crippen LogP contribution in [-0.2, 0) is 10.0 Å². The molecule has 102 valence electrons. The van der Waals surface area contributed by atoms with Gasteiger partial charge in [0.1, 0.15) is 0 Å². The number of hydrogen-bond acceptors (Lipinski definition) is 4. The summed E-state index contributed by atoms with van der Waals surface area (Å²) in [6, 6.07) is 3.52. The van der Waals surface area contributed by atoms with E-state index < -0.39 is 10.0 Å². The number of aryl methyl sites for hydroxylation is 1. The fourth-order valence-electron chi connectivity index (χ4n) is 1.83. The van der Waals surface area contributed by atoms with Gasteiger partial charge >= 0.3 is 0 Å². The Bertz CT molecular complexity index is 470. The summed E-state index contributed by atoms with van der Waals surface area (Å²) < 4.78 is 26.4. The van der Waals surface area contributed by atoms with E-state index in [4.69, 9.17) is 0 Å². The molecule has 2 heterocycles. The molecule has 1 saturated heterocycles. The highest BCUT2D eigenvalue weighted by molar-refractivity contribution is 7.89. The minimum atomic E-state index is -3.47. The molecule has 2 rings (SSSR count). The zero-order valence-electron chi connectivity index (χ0n) is 10.2. The first-order valence-corrected chi connectivity index (χ1v) is 7.22. The highest BCUT2D eigenvalue weighted by atomic mass is 35.5. The van der Waals surface area contributed by atoms with Crippen molar-refractivity contribution >= 4 is 22.4 Å². The van der Waals surface area contributed by atoms with Gasteiger partial charge in [0, 0.05) is 18.8 Å². The second kappa shape index (κ2) is 6.47. The van der Waals surface area contributed by atoms with E-state index in [1.54, 1.807) is 12.3 Å². The number of pyridine rings is 1. The Morgan fingerprint density at radius 1 is 1.50 bits per heavy atom.